The summed E-state index contributed by atoms with van der Waals surface area (Å²) in [5, 5.41) is 2.82. The summed E-state index contributed by atoms with van der Waals surface area (Å²) < 4.78 is 10.2. The van der Waals surface area contributed by atoms with Crippen LogP contribution in [0.5, 0.6) is 0 Å². The van der Waals surface area contributed by atoms with Gasteiger partial charge in [-0.25, -0.2) is 4.79 Å². The fourth-order valence-electron chi connectivity index (χ4n) is 2.37. The third-order valence-corrected chi connectivity index (χ3v) is 3.54. The lowest BCUT2D eigenvalue weighted by molar-refractivity contribution is -0.156. The van der Waals surface area contributed by atoms with Gasteiger partial charge in [-0.3, -0.25) is 4.79 Å². The molecular weight excluding hydrogens is 270 g/mol. The maximum Gasteiger partial charge on any atom is 0.335 e. The maximum atomic E-state index is 11.9. The zero-order valence-electron chi connectivity index (χ0n) is 12.5. The van der Waals surface area contributed by atoms with Crippen LogP contribution in [0.3, 0.4) is 0 Å². The lowest BCUT2D eigenvalue weighted by atomic mass is 10.1. The molecule has 5 heteroatoms. The van der Waals surface area contributed by atoms with E-state index in [4.69, 9.17) is 9.47 Å². The highest BCUT2D eigenvalue weighted by molar-refractivity contribution is 5.94. The van der Waals surface area contributed by atoms with Gasteiger partial charge in [0.05, 0.1) is 0 Å². The van der Waals surface area contributed by atoms with Crippen LogP contribution in [0.2, 0.25) is 0 Å². The minimum atomic E-state index is -0.512. The van der Waals surface area contributed by atoms with Gasteiger partial charge in [-0.15, -0.1) is 0 Å². The van der Waals surface area contributed by atoms with Crippen LogP contribution in [0.1, 0.15) is 30.9 Å². The summed E-state index contributed by atoms with van der Waals surface area (Å²) in [6, 6.07) is 5.87. The number of hydrogen-bond donors (Lipinski definition) is 1. The Morgan fingerprint density at radius 2 is 2.24 bits per heavy atom. The number of ether oxygens (including phenoxy) is 2. The van der Waals surface area contributed by atoms with Crippen LogP contribution in [0.4, 0.5) is 5.69 Å². The Bertz CT molecular complexity index is 521. The molecule has 0 aromatic heterocycles. The first-order chi connectivity index (χ1) is 10.1. The summed E-state index contributed by atoms with van der Waals surface area (Å²) in [4.78, 5) is 23.6. The van der Waals surface area contributed by atoms with E-state index >= 15 is 0 Å². The predicted molar refractivity (Wildman–Crippen MR) is 79.1 cm³/mol. The summed E-state index contributed by atoms with van der Waals surface area (Å²) in [7, 11) is 0. The molecule has 0 saturated carbocycles. The minimum absolute atomic E-state index is 0.282. The minimum Gasteiger partial charge on any atom is -0.454 e. The largest absolute Gasteiger partial charge is 0.454 e. The van der Waals surface area contributed by atoms with Gasteiger partial charge in [0.2, 0.25) is 0 Å². The molecule has 21 heavy (non-hydrogen) atoms. The van der Waals surface area contributed by atoms with Crippen molar-refractivity contribution in [3.63, 3.8) is 0 Å². The molecule has 1 aromatic carbocycles. The first-order valence-electron chi connectivity index (χ1n) is 7.28. The molecule has 114 valence electrons. The third kappa shape index (κ3) is 4.04. The molecule has 0 spiro atoms. The van der Waals surface area contributed by atoms with Crippen LogP contribution in [-0.4, -0.2) is 31.2 Å². The van der Waals surface area contributed by atoms with Gasteiger partial charge in [-0.05, 0) is 37.3 Å². The highest BCUT2D eigenvalue weighted by Gasteiger charge is 2.25. The molecule has 1 saturated heterocycles. The number of rotatable bonds is 5. The molecule has 1 heterocycles. The van der Waals surface area contributed by atoms with E-state index in [-0.39, 0.29) is 12.5 Å². The van der Waals surface area contributed by atoms with Crippen molar-refractivity contribution in [3.05, 3.63) is 29.3 Å². The Labute approximate surface area is 124 Å². The smallest absolute Gasteiger partial charge is 0.335 e. The molecule has 0 radical (unpaired) electrons. The van der Waals surface area contributed by atoms with Gasteiger partial charge in [0, 0.05) is 12.3 Å². The first kappa shape index (κ1) is 15.5. The fourth-order valence-corrected chi connectivity index (χ4v) is 2.37. The fraction of sp³-hybridized carbons (Fsp3) is 0.500. The van der Waals surface area contributed by atoms with Crippen molar-refractivity contribution < 1.29 is 19.1 Å². The molecule has 1 amide bonds. The van der Waals surface area contributed by atoms with Crippen LogP contribution in [0, 0.1) is 6.92 Å². The van der Waals surface area contributed by atoms with Gasteiger partial charge in [-0.2, -0.15) is 0 Å². The Morgan fingerprint density at radius 1 is 1.43 bits per heavy atom. The second kappa shape index (κ2) is 7.22. The van der Waals surface area contributed by atoms with E-state index in [2.05, 4.69) is 5.32 Å². The monoisotopic (exact) mass is 291 g/mol. The zero-order valence-corrected chi connectivity index (χ0v) is 12.5. The summed E-state index contributed by atoms with van der Waals surface area (Å²) in [5.41, 5.74) is 2.86. The number of aryl methyl sites for hydroxylation is 2. The summed E-state index contributed by atoms with van der Waals surface area (Å²) in [6.07, 6.45) is 1.84. The van der Waals surface area contributed by atoms with Crippen molar-refractivity contribution in [1.82, 2.24) is 0 Å². The van der Waals surface area contributed by atoms with Gasteiger partial charge in [-0.1, -0.05) is 25.1 Å². The maximum absolute atomic E-state index is 11.9. The number of carbonyl (C=O) groups is 2. The number of hydrogen-bond acceptors (Lipinski definition) is 4. The number of esters is 1. The van der Waals surface area contributed by atoms with Gasteiger partial charge in [0.1, 0.15) is 0 Å². The van der Waals surface area contributed by atoms with E-state index in [1.54, 1.807) is 0 Å². The Balaban J connectivity index is 1.88. The van der Waals surface area contributed by atoms with E-state index in [9.17, 15) is 9.59 Å². The molecule has 2 rings (SSSR count). The molecule has 1 fully saturated rings. The Morgan fingerprint density at radius 3 is 2.90 bits per heavy atom. The Hall–Kier alpha value is -1.88. The van der Waals surface area contributed by atoms with Crippen LogP contribution in [0.15, 0.2) is 18.2 Å². The number of para-hydroxylation sites is 1. The van der Waals surface area contributed by atoms with Crippen molar-refractivity contribution in [2.75, 3.05) is 18.5 Å². The summed E-state index contributed by atoms with van der Waals surface area (Å²) in [6.45, 7) is 4.26. The summed E-state index contributed by atoms with van der Waals surface area (Å²) >= 11 is 0. The quantitative estimate of drug-likeness (QED) is 0.845. The van der Waals surface area contributed by atoms with Gasteiger partial charge < -0.3 is 14.8 Å². The van der Waals surface area contributed by atoms with Crippen molar-refractivity contribution in [3.8, 4) is 0 Å². The second-order valence-electron chi connectivity index (χ2n) is 5.12. The van der Waals surface area contributed by atoms with Crippen molar-refractivity contribution in [2.45, 2.75) is 39.2 Å². The molecule has 1 atom stereocenters. The topological polar surface area (TPSA) is 64.6 Å². The zero-order chi connectivity index (χ0) is 15.2. The van der Waals surface area contributed by atoms with Gasteiger partial charge >= 0.3 is 5.97 Å². The van der Waals surface area contributed by atoms with Crippen LogP contribution in [-0.2, 0) is 25.5 Å². The molecule has 1 aromatic rings. The molecule has 0 aliphatic carbocycles. The number of amides is 1. The summed E-state index contributed by atoms with van der Waals surface area (Å²) in [5.74, 6) is -0.784. The number of anilines is 1. The molecule has 1 aliphatic rings. The van der Waals surface area contributed by atoms with E-state index in [0.717, 1.165) is 29.7 Å². The number of nitrogens with one attached hydrogen (secondary N) is 1. The van der Waals surface area contributed by atoms with Crippen molar-refractivity contribution in [2.24, 2.45) is 0 Å². The Kier molecular flexibility index (Phi) is 5.33. The van der Waals surface area contributed by atoms with E-state index in [0.29, 0.717) is 13.0 Å². The standard InChI is InChI=1S/C16H21NO4/c1-3-12-7-4-6-11(2)15(12)17-14(18)10-21-16(19)13-8-5-9-20-13/h4,6-7,13H,3,5,8-10H2,1-2H3,(H,17,18)/t13-/m0/s1. The average Bonchev–Trinajstić information content (AvgIpc) is 3.01. The van der Waals surface area contributed by atoms with E-state index in [1.807, 2.05) is 32.0 Å². The predicted octanol–water partition coefficient (Wildman–Crippen LogP) is 2.22. The van der Waals surface area contributed by atoms with Crippen LogP contribution in [0.25, 0.3) is 0 Å². The molecule has 5 nitrogen and oxygen atoms in total. The van der Waals surface area contributed by atoms with Crippen molar-refractivity contribution >= 4 is 17.6 Å². The van der Waals surface area contributed by atoms with Gasteiger partial charge in [0.25, 0.3) is 5.91 Å². The lowest BCUT2D eigenvalue weighted by Crippen LogP contribution is -2.27. The molecular formula is C16H21NO4. The molecule has 1 N–H and O–H groups in total. The third-order valence-electron chi connectivity index (χ3n) is 3.54. The lowest BCUT2D eigenvalue weighted by Gasteiger charge is -2.14. The van der Waals surface area contributed by atoms with Crippen molar-refractivity contribution in [1.29, 1.82) is 0 Å². The first-order valence-corrected chi connectivity index (χ1v) is 7.28. The molecule has 1 aliphatic heterocycles. The molecule has 0 bridgehead atoms. The second-order valence-corrected chi connectivity index (χ2v) is 5.12. The SMILES string of the molecule is CCc1cccc(C)c1NC(=O)COC(=O)[C@@H]1CCCO1. The van der Waals surface area contributed by atoms with E-state index in [1.165, 1.54) is 0 Å². The average molecular weight is 291 g/mol. The molecule has 0 unspecified atom stereocenters. The van der Waals surface area contributed by atoms with E-state index < -0.39 is 12.1 Å². The normalized spacial score (nSPS) is 17.5. The van der Waals surface area contributed by atoms with Crippen LogP contribution >= 0.6 is 0 Å². The van der Waals surface area contributed by atoms with Gasteiger partial charge in [0.15, 0.2) is 12.7 Å². The van der Waals surface area contributed by atoms with Crippen LogP contribution < -0.4 is 5.32 Å². The number of benzene rings is 1. The highest BCUT2D eigenvalue weighted by atomic mass is 16.6. The highest BCUT2D eigenvalue weighted by Crippen LogP contribution is 2.21. The number of carbonyl (C=O) groups excluding carboxylic acids is 2.